The maximum absolute atomic E-state index is 9.38. The number of aromatic nitrogens is 2. The number of hydrogen-bond donors (Lipinski definition) is 2. The molecule has 0 atom stereocenters. The quantitative estimate of drug-likeness (QED) is 0.686. The zero-order valence-corrected chi connectivity index (χ0v) is 10.7. The van der Waals surface area contributed by atoms with E-state index in [2.05, 4.69) is 5.10 Å². The van der Waals surface area contributed by atoms with E-state index in [-0.39, 0.29) is 13.2 Å². The van der Waals surface area contributed by atoms with E-state index < -0.39 is 0 Å². The number of aliphatic hydroxyl groups excluding tert-OH is 2. The SMILES string of the molecule is COCCN(CCO)c1c(CO)c(C)nn1C. The molecule has 0 unspecified atom stereocenters. The van der Waals surface area contributed by atoms with Crippen LogP contribution in [0.15, 0.2) is 0 Å². The molecule has 98 valence electrons. The van der Waals surface area contributed by atoms with Gasteiger partial charge in [-0.15, -0.1) is 0 Å². The predicted molar refractivity (Wildman–Crippen MR) is 65.0 cm³/mol. The second kappa shape index (κ2) is 6.58. The van der Waals surface area contributed by atoms with Gasteiger partial charge in [0.2, 0.25) is 0 Å². The highest BCUT2D eigenvalue weighted by Gasteiger charge is 2.18. The normalized spacial score (nSPS) is 10.9. The molecule has 0 saturated carbocycles. The Morgan fingerprint density at radius 3 is 2.59 bits per heavy atom. The largest absolute Gasteiger partial charge is 0.395 e. The molecule has 0 radical (unpaired) electrons. The monoisotopic (exact) mass is 243 g/mol. The number of aryl methyl sites for hydroxylation is 2. The molecule has 1 aromatic rings. The maximum atomic E-state index is 9.38. The molecular weight excluding hydrogens is 222 g/mol. The molecule has 0 bridgehead atoms. The van der Waals surface area contributed by atoms with E-state index in [1.807, 2.05) is 18.9 Å². The van der Waals surface area contributed by atoms with Crippen LogP contribution in [0.2, 0.25) is 0 Å². The van der Waals surface area contributed by atoms with Gasteiger partial charge in [0.05, 0.1) is 25.5 Å². The van der Waals surface area contributed by atoms with Crippen molar-refractivity contribution >= 4 is 5.82 Å². The van der Waals surface area contributed by atoms with Crippen molar-refractivity contribution in [1.29, 1.82) is 0 Å². The third-order valence-corrected chi connectivity index (χ3v) is 2.71. The Bertz CT molecular complexity index is 352. The van der Waals surface area contributed by atoms with Crippen LogP contribution in [0.1, 0.15) is 11.3 Å². The van der Waals surface area contributed by atoms with E-state index >= 15 is 0 Å². The van der Waals surface area contributed by atoms with Gasteiger partial charge >= 0.3 is 0 Å². The molecule has 6 nitrogen and oxygen atoms in total. The van der Waals surface area contributed by atoms with Crippen LogP contribution in [-0.4, -0.2) is 53.4 Å². The first-order valence-electron chi connectivity index (χ1n) is 5.63. The summed E-state index contributed by atoms with van der Waals surface area (Å²) in [6.45, 7) is 3.58. The van der Waals surface area contributed by atoms with Crippen molar-refractivity contribution in [1.82, 2.24) is 9.78 Å². The number of methoxy groups -OCH3 is 1. The van der Waals surface area contributed by atoms with Crippen LogP contribution in [0, 0.1) is 6.92 Å². The Balaban J connectivity index is 2.99. The molecule has 0 aromatic carbocycles. The Labute approximate surface area is 101 Å². The molecule has 6 heteroatoms. The molecule has 0 amide bonds. The van der Waals surface area contributed by atoms with Gasteiger partial charge in [-0.05, 0) is 6.92 Å². The van der Waals surface area contributed by atoms with Gasteiger partial charge in [-0.1, -0.05) is 0 Å². The summed E-state index contributed by atoms with van der Waals surface area (Å²) >= 11 is 0. The highest BCUT2D eigenvalue weighted by Crippen LogP contribution is 2.22. The summed E-state index contributed by atoms with van der Waals surface area (Å²) in [4.78, 5) is 1.97. The van der Waals surface area contributed by atoms with Gasteiger partial charge in [-0.3, -0.25) is 4.68 Å². The number of rotatable bonds is 7. The van der Waals surface area contributed by atoms with E-state index in [1.54, 1.807) is 11.8 Å². The van der Waals surface area contributed by atoms with Gasteiger partial charge in [-0.25, -0.2) is 0 Å². The van der Waals surface area contributed by atoms with E-state index in [0.717, 1.165) is 17.1 Å². The molecule has 1 rings (SSSR count). The van der Waals surface area contributed by atoms with E-state index in [0.29, 0.717) is 19.7 Å². The average Bonchev–Trinajstić information content (AvgIpc) is 2.59. The molecule has 0 aliphatic heterocycles. The van der Waals surface area contributed by atoms with Crippen LogP contribution in [-0.2, 0) is 18.4 Å². The van der Waals surface area contributed by atoms with Crippen LogP contribution in [0.5, 0.6) is 0 Å². The van der Waals surface area contributed by atoms with Gasteiger partial charge in [0.1, 0.15) is 5.82 Å². The maximum Gasteiger partial charge on any atom is 0.132 e. The van der Waals surface area contributed by atoms with Crippen LogP contribution in [0.25, 0.3) is 0 Å². The molecule has 2 N–H and O–H groups in total. The lowest BCUT2D eigenvalue weighted by Gasteiger charge is -2.24. The molecule has 0 aliphatic carbocycles. The number of nitrogens with zero attached hydrogens (tertiary/aromatic N) is 3. The van der Waals surface area contributed by atoms with Crippen molar-refractivity contribution in [3.05, 3.63) is 11.3 Å². The molecule has 1 heterocycles. The van der Waals surface area contributed by atoms with Gasteiger partial charge in [0.25, 0.3) is 0 Å². The fourth-order valence-electron chi connectivity index (χ4n) is 1.92. The second-order valence-electron chi connectivity index (χ2n) is 3.87. The molecule has 0 aliphatic rings. The molecule has 0 saturated heterocycles. The van der Waals surface area contributed by atoms with Crippen molar-refractivity contribution in [3.8, 4) is 0 Å². The summed E-state index contributed by atoms with van der Waals surface area (Å²) < 4.78 is 6.77. The minimum absolute atomic E-state index is 0.0517. The van der Waals surface area contributed by atoms with Crippen molar-refractivity contribution < 1.29 is 14.9 Å². The zero-order valence-electron chi connectivity index (χ0n) is 10.7. The van der Waals surface area contributed by atoms with E-state index in [4.69, 9.17) is 9.84 Å². The van der Waals surface area contributed by atoms with E-state index in [1.165, 1.54) is 0 Å². The lowest BCUT2D eigenvalue weighted by atomic mass is 10.2. The smallest absolute Gasteiger partial charge is 0.132 e. The average molecular weight is 243 g/mol. The number of hydrogen-bond acceptors (Lipinski definition) is 5. The van der Waals surface area contributed by atoms with Gasteiger partial charge in [0.15, 0.2) is 0 Å². The topological polar surface area (TPSA) is 70.8 Å². The molecule has 1 aromatic heterocycles. The van der Waals surface area contributed by atoms with Crippen LogP contribution in [0.3, 0.4) is 0 Å². The fraction of sp³-hybridized carbons (Fsp3) is 0.727. The predicted octanol–water partition coefficient (Wildman–Crippen LogP) is -0.334. The van der Waals surface area contributed by atoms with Crippen molar-refractivity contribution in [2.45, 2.75) is 13.5 Å². The highest BCUT2D eigenvalue weighted by atomic mass is 16.5. The molecular formula is C11H21N3O3. The van der Waals surface area contributed by atoms with Gasteiger partial charge < -0.3 is 19.8 Å². The standard InChI is InChI=1S/C11H21N3O3/c1-9-10(8-16)11(13(2)12-9)14(4-6-15)5-7-17-3/h15-16H,4-8H2,1-3H3. The number of aliphatic hydroxyl groups is 2. The minimum atomic E-state index is -0.0517. The van der Waals surface area contributed by atoms with E-state index in [9.17, 15) is 5.11 Å². The van der Waals surface area contributed by atoms with Crippen LogP contribution < -0.4 is 4.90 Å². The van der Waals surface area contributed by atoms with Crippen LogP contribution >= 0.6 is 0 Å². The number of anilines is 1. The van der Waals surface area contributed by atoms with Crippen molar-refractivity contribution in [2.24, 2.45) is 7.05 Å². The number of ether oxygens (including phenoxy) is 1. The Morgan fingerprint density at radius 1 is 1.35 bits per heavy atom. The minimum Gasteiger partial charge on any atom is -0.395 e. The second-order valence-corrected chi connectivity index (χ2v) is 3.87. The van der Waals surface area contributed by atoms with Crippen molar-refractivity contribution in [3.63, 3.8) is 0 Å². The summed E-state index contributed by atoms with van der Waals surface area (Å²) in [7, 11) is 3.47. The van der Waals surface area contributed by atoms with Crippen LogP contribution in [0.4, 0.5) is 5.82 Å². The Kier molecular flexibility index (Phi) is 5.40. The summed E-state index contributed by atoms with van der Waals surface area (Å²) in [6, 6.07) is 0. The Morgan fingerprint density at radius 2 is 2.06 bits per heavy atom. The first kappa shape index (κ1) is 14.0. The third-order valence-electron chi connectivity index (χ3n) is 2.71. The van der Waals surface area contributed by atoms with Gasteiger partial charge in [-0.2, -0.15) is 5.10 Å². The first-order chi connectivity index (χ1) is 8.15. The molecule has 0 fully saturated rings. The highest BCUT2D eigenvalue weighted by molar-refractivity contribution is 5.49. The summed E-state index contributed by atoms with van der Waals surface area (Å²) in [5.74, 6) is 0.844. The van der Waals surface area contributed by atoms with Gasteiger partial charge in [0, 0.05) is 32.8 Å². The molecule has 0 spiro atoms. The lowest BCUT2D eigenvalue weighted by molar-refractivity contribution is 0.202. The third kappa shape index (κ3) is 3.18. The summed E-state index contributed by atoms with van der Waals surface area (Å²) in [5.41, 5.74) is 1.61. The summed E-state index contributed by atoms with van der Waals surface area (Å²) in [6.07, 6.45) is 0. The molecule has 17 heavy (non-hydrogen) atoms. The Hall–Kier alpha value is -1.11. The lowest BCUT2D eigenvalue weighted by Crippen LogP contribution is -2.32. The first-order valence-corrected chi connectivity index (χ1v) is 5.63. The van der Waals surface area contributed by atoms with Crippen molar-refractivity contribution in [2.75, 3.05) is 38.3 Å². The fourth-order valence-corrected chi connectivity index (χ4v) is 1.92. The zero-order chi connectivity index (χ0) is 12.8. The summed E-state index contributed by atoms with van der Waals surface area (Å²) in [5, 5.41) is 22.8.